The number of piperidine rings is 2. The van der Waals surface area contributed by atoms with E-state index in [0.717, 1.165) is 49.3 Å². The quantitative estimate of drug-likeness (QED) is 0.404. The summed E-state index contributed by atoms with van der Waals surface area (Å²) < 4.78 is 7.14. The van der Waals surface area contributed by atoms with Crippen LogP contribution in [0.1, 0.15) is 48.5 Å². The molecule has 2 aliphatic rings. The van der Waals surface area contributed by atoms with Crippen molar-refractivity contribution in [1.29, 1.82) is 0 Å². The number of amides is 2. The zero-order valence-electron chi connectivity index (χ0n) is 23.0. The second-order valence-corrected chi connectivity index (χ2v) is 11.7. The molecule has 2 saturated heterocycles. The molecule has 2 aliphatic heterocycles. The maximum atomic E-state index is 12.7. The normalized spacial score (nSPS) is 18.4. The van der Waals surface area contributed by atoms with Gasteiger partial charge in [0.05, 0.1) is 11.9 Å². The number of tetrazole rings is 1. The number of benzene rings is 1. The maximum absolute atomic E-state index is 12.7. The van der Waals surface area contributed by atoms with Gasteiger partial charge in [-0.1, -0.05) is 30.8 Å². The third-order valence-corrected chi connectivity index (χ3v) is 8.69. The van der Waals surface area contributed by atoms with Crippen LogP contribution in [0.4, 0.5) is 10.5 Å². The Balaban J connectivity index is 1.04. The summed E-state index contributed by atoms with van der Waals surface area (Å²) >= 11 is 1.63. The summed E-state index contributed by atoms with van der Waals surface area (Å²) in [5, 5.41) is 15.2. The standard InChI is InChI=1S/C28H36N8O3S/c1-20-4-3-13-35(17-20)18-21-5-7-23(8-6-21)26(37)30-24-9-10-25(29-16-24)39-28(38)36-14-11-22(12-15-36)19-40-27-31-32-33-34(27)2/h5-10,16,20,22H,3-4,11-15,17-19H2,1-2H3,(H,30,37). The molecule has 0 bridgehead atoms. The van der Waals surface area contributed by atoms with Crippen molar-refractivity contribution in [2.24, 2.45) is 18.9 Å². The van der Waals surface area contributed by atoms with E-state index < -0.39 is 6.09 Å². The molecule has 212 valence electrons. The van der Waals surface area contributed by atoms with Crippen LogP contribution in [-0.4, -0.2) is 78.9 Å². The number of carbonyl (C=O) groups excluding carboxylic acids is 2. The third kappa shape index (κ3) is 7.57. The van der Waals surface area contributed by atoms with Crippen LogP contribution in [0.15, 0.2) is 47.8 Å². The Morgan fingerprint density at radius 2 is 1.88 bits per heavy atom. The number of nitrogens with zero attached hydrogens (tertiary/aromatic N) is 7. The van der Waals surface area contributed by atoms with E-state index in [0.29, 0.717) is 30.3 Å². The number of ether oxygens (including phenoxy) is 1. The van der Waals surface area contributed by atoms with E-state index in [2.05, 4.69) is 37.6 Å². The molecule has 1 aromatic carbocycles. The van der Waals surface area contributed by atoms with Crippen LogP contribution >= 0.6 is 11.8 Å². The molecular weight excluding hydrogens is 528 g/mol. The summed E-state index contributed by atoms with van der Waals surface area (Å²) in [6, 6.07) is 11.0. The zero-order chi connectivity index (χ0) is 27.9. The number of pyridine rings is 1. The van der Waals surface area contributed by atoms with Crippen molar-refractivity contribution in [2.45, 2.75) is 44.3 Å². The fraction of sp³-hybridized carbons (Fsp3) is 0.500. The van der Waals surface area contributed by atoms with Gasteiger partial charge < -0.3 is 15.0 Å². The molecule has 1 atom stereocenters. The number of thioether (sulfide) groups is 1. The lowest BCUT2D eigenvalue weighted by atomic mass is 9.99. The Morgan fingerprint density at radius 1 is 1.07 bits per heavy atom. The molecule has 2 amide bonds. The van der Waals surface area contributed by atoms with Gasteiger partial charge in [-0.15, -0.1) is 5.10 Å². The van der Waals surface area contributed by atoms with Crippen LogP contribution in [0.5, 0.6) is 5.88 Å². The topological polar surface area (TPSA) is 118 Å². The van der Waals surface area contributed by atoms with Gasteiger partial charge in [0, 0.05) is 50.6 Å². The number of hydrogen-bond acceptors (Lipinski definition) is 9. The average Bonchev–Trinajstić information content (AvgIpc) is 3.38. The molecule has 0 spiro atoms. The minimum atomic E-state index is -0.410. The first-order valence-corrected chi connectivity index (χ1v) is 14.8. The summed E-state index contributed by atoms with van der Waals surface area (Å²) in [5.74, 6) is 2.13. The minimum Gasteiger partial charge on any atom is -0.391 e. The Hall–Kier alpha value is -3.51. The number of carbonyl (C=O) groups is 2. The van der Waals surface area contributed by atoms with Gasteiger partial charge in [0.1, 0.15) is 0 Å². The molecule has 2 fully saturated rings. The maximum Gasteiger partial charge on any atom is 0.416 e. The molecule has 1 unspecified atom stereocenters. The third-order valence-electron chi connectivity index (χ3n) is 7.45. The molecule has 4 heterocycles. The zero-order valence-corrected chi connectivity index (χ0v) is 23.8. The first-order chi connectivity index (χ1) is 19.4. The summed E-state index contributed by atoms with van der Waals surface area (Å²) in [6.07, 6.45) is 5.42. The van der Waals surface area contributed by atoms with Gasteiger partial charge in [-0.25, -0.2) is 14.5 Å². The molecule has 0 aliphatic carbocycles. The summed E-state index contributed by atoms with van der Waals surface area (Å²) in [5.41, 5.74) is 2.33. The SMILES string of the molecule is CC1CCCN(Cc2ccc(C(=O)Nc3ccc(OC(=O)N4CCC(CSc5nnnn5C)CC4)nc3)cc2)C1. The monoisotopic (exact) mass is 564 g/mol. The summed E-state index contributed by atoms with van der Waals surface area (Å²) in [4.78, 5) is 33.8. The van der Waals surface area contributed by atoms with Crippen LogP contribution in [-0.2, 0) is 13.6 Å². The van der Waals surface area contributed by atoms with Crippen molar-refractivity contribution in [2.75, 3.05) is 37.2 Å². The predicted molar refractivity (Wildman–Crippen MR) is 152 cm³/mol. The molecule has 0 saturated carbocycles. The fourth-order valence-corrected chi connectivity index (χ4v) is 6.18. The highest BCUT2D eigenvalue weighted by molar-refractivity contribution is 7.99. The molecule has 0 radical (unpaired) electrons. The summed E-state index contributed by atoms with van der Waals surface area (Å²) in [6.45, 7) is 6.73. The largest absolute Gasteiger partial charge is 0.416 e. The highest BCUT2D eigenvalue weighted by Crippen LogP contribution is 2.25. The average molecular weight is 565 g/mol. The van der Waals surface area contributed by atoms with Crippen molar-refractivity contribution in [3.63, 3.8) is 0 Å². The molecule has 2 aromatic heterocycles. The highest BCUT2D eigenvalue weighted by atomic mass is 32.2. The van der Waals surface area contributed by atoms with E-state index in [1.54, 1.807) is 33.5 Å². The van der Waals surface area contributed by atoms with Gasteiger partial charge in [0.15, 0.2) is 0 Å². The van der Waals surface area contributed by atoms with Gasteiger partial charge in [-0.05, 0) is 78.3 Å². The van der Waals surface area contributed by atoms with Gasteiger partial charge in [0.2, 0.25) is 11.0 Å². The highest BCUT2D eigenvalue weighted by Gasteiger charge is 2.25. The molecule has 3 aromatic rings. The smallest absolute Gasteiger partial charge is 0.391 e. The second kappa shape index (κ2) is 13.2. The van der Waals surface area contributed by atoms with Crippen LogP contribution < -0.4 is 10.1 Å². The Kier molecular flexibility index (Phi) is 9.27. The number of rotatable bonds is 8. The van der Waals surface area contributed by atoms with Gasteiger partial charge in [-0.3, -0.25) is 9.69 Å². The number of aryl methyl sites for hydroxylation is 1. The first-order valence-electron chi connectivity index (χ1n) is 13.8. The Bertz CT molecular complexity index is 1280. The molecule has 11 nitrogen and oxygen atoms in total. The molecule has 12 heteroatoms. The van der Waals surface area contributed by atoms with E-state index in [9.17, 15) is 9.59 Å². The predicted octanol–water partition coefficient (Wildman–Crippen LogP) is 4.09. The van der Waals surface area contributed by atoms with Gasteiger partial charge >= 0.3 is 6.09 Å². The van der Waals surface area contributed by atoms with Crippen LogP contribution in [0.25, 0.3) is 0 Å². The Labute approximate surface area is 238 Å². The van der Waals surface area contributed by atoms with Crippen LogP contribution in [0.3, 0.4) is 0 Å². The molecule has 40 heavy (non-hydrogen) atoms. The number of nitrogens with one attached hydrogen (secondary N) is 1. The lowest BCUT2D eigenvalue weighted by molar-refractivity contribution is 0.102. The van der Waals surface area contributed by atoms with Crippen molar-refractivity contribution < 1.29 is 14.3 Å². The van der Waals surface area contributed by atoms with Crippen molar-refractivity contribution in [3.8, 4) is 5.88 Å². The molecular formula is C28H36N8O3S. The molecule has 1 N–H and O–H groups in total. The first kappa shape index (κ1) is 28.0. The minimum absolute atomic E-state index is 0.201. The van der Waals surface area contributed by atoms with E-state index in [1.807, 2.05) is 31.3 Å². The Morgan fingerprint density at radius 3 is 2.55 bits per heavy atom. The number of anilines is 1. The number of aromatic nitrogens is 5. The summed E-state index contributed by atoms with van der Waals surface area (Å²) in [7, 11) is 1.82. The number of likely N-dealkylation sites (tertiary alicyclic amines) is 2. The van der Waals surface area contributed by atoms with Crippen molar-refractivity contribution >= 4 is 29.4 Å². The van der Waals surface area contributed by atoms with E-state index in [1.165, 1.54) is 24.6 Å². The lowest BCUT2D eigenvalue weighted by Crippen LogP contribution is -2.40. The second-order valence-electron chi connectivity index (χ2n) is 10.7. The molecule has 5 rings (SSSR count). The van der Waals surface area contributed by atoms with Gasteiger partial charge in [0.25, 0.3) is 5.91 Å². The van der Waals surface area contributed by atoms with Crippen molar-refractivity contribution in [3.05, 3.63) is 53.7 Å². The number of hydrogen-bond donors (Lipinski definition) is 1. The van der Waals surface area contributed by atoms with E-state index >= 15 is 0 Å². The lowest BCUT2D eigenvalue weighted by Gasteiger charge is -2.30. The fourth-order valence-electron chi connectivity index (χ4n) is 5.14. The van der Waals surface area contributed by atoms with E-state index in [4.69, 9.17) is 4.74 Å². The van der Waals surface area contributed by atoms with Crippen LogP contribution in [0, 0.1) is 11.8 Å². The van der Waals surface area contributed by atoms with E-state index in [-0.39, 0.29) is 11.8 Å². The van der Waals surface area contributed by atoms with Crippen LogP contribution in [0.2, 0.25) is 0 Å². The van der Waals surface area contributed by atoms with Crippen molar-refractivity contribution in [1.82, 2.24) is 35.0 Å². The van der Waals surface area contributed by atoms with Gasteiger partial charge in [-0.2, -0.15) is 0 Å².